The molecule has 0 unspecified atom stereocenters. The van der Waals surface area contributed by atoms with Crippen LogP contribution in [0, 0.1) is 0 Å². The molecule has 2 rings (SSSR count). The van der Waals surface area contributed by atoms with Gasteiger partial charge >= 0.3 is 44.1 Å². The van der Waals surface area contributed by atoms with E-state index in [1.807, 2.05) is 0 Å². The van der Waals surface area contributed by atoms with Gasteiger partial charge in [0.15, 0.2) is 0 Å². The Hall–Kier alpha value is -4.14. The Kier molecular flexibility index (Phi) is 17.5. The summed E-state index contributed by atoms with van der Waals surface area (Å²) in [5.41, 5.74) is 0.879. The fraction of sp³-hybridized carbons (Fsp3) is 0.357. The highest BCUT2D eigenvalue weighted by molar-refractivity contribution is 8.16. The van der Waals surface area contributed by atoms with Crippen LogP contribution >= 0.6 is 23.5 Å². The van der Waals surface area contributed by atoms with Crippen LogP contribution in [0.4, 0.5) is 0 Å². The van der Waals surface area contributed by atoms with Crippen LogP contribution in [0.3, 0.4) is 0 Å². The number of hydrogen-bond acceptors (Lipinski definition) is 18. The molecule has 48 heavy (non-hydrogen) atoms. The SMILES string of the molecule is COC(=O)/C(=N/OS(=O)(=O)Cc1ccccc1)SCC(=O)OCCCCOC(=O)CS/C(=N\OS(=O)(=O)Cc1ccccc1)C(=O)OC. The van der Waals surface area contributed by atoms with Crippen LogP contribution in [-0.2, 0) is 78.4 Å². The molecule has 0 saturated heterocycles. The molecule has 0 radical (unpaired) electrons. The average molecular weight is 749 g/mol. The highest BCUT2D eigenvalue weighted by atomic mass is 32.2. The molecular formula is C28H32N2O14S4. The topological polar surface area (TPSA) is 217 Å². The number of carbonyl (C=O) groups excluding carboxylic acids is 4. The lowest BCUT2D eigenvalue weighted by Crippen LogP contribution is -2.18. The standard InChI is InChI=1S/C28H32N2O14S4/c1-39-27(33)25(29-43-47(35,36)19-21-11-5-3-6-12-21)45-17-23(31)41-15-9-10-16-42-24(32)18-46-26(28(34)40-2)30-44-48(37,38)20-22-13-7-4-8-14-22/h3-8,11-14H,9-10,15-20H2,1-2H3/b29-25-,30-26-. The largest absolute Gasteiger partial charge is 0.465 e. The first-order valence-corrected chi connectivity index (χ1v) is 18.8. The van der Waals surface area contributed by atoms with Crippen molar-refractivity contribution in [3.63, 3.8) is 0 Å². The highest BCUT2D eigenvalue weighted by Gasteiger charge is 2.21. The third-order valence-corrected chi connectivity index (χ3v) is 9.04. The fourth-order valence-corrected chi connectivity index (χ4v) is 6.16. The van der Waals surface area contributed by atoms with E-state index in [2.05, 4.69) is 28.4 Å². The number of carbonyl (C=O) groups is 4. The Labute approximate surface area is 285 Å². The highest BCUT2D eigenvalue weighted by Crippen LogP contribution is 2.14. The first kappa shape index (κ1) is 40.0. The Balaban J connectivity index is 1.70. The average Bonchev–Trinajstić information content (AvgIpc) is 3.06. The minimum Gasteiger partial charge on any atom is -0.465 e. The summed E-state index contributed by atoms with van der Waals surface area (Å²) in [7, 11) is -6.29. The molecule has 0 aliphatic heterocycles. The van der Waals surface area contributed by atoms with E-state index in [4.69, 9.17) is 9.47 Å². The van der Waals surface area contributed by atoms with Gasteiger partial charge < -0.3 is 18.9 Å². The van der Waals surface area contributed by atoms with E-state index in [-0.39, 0.29) is 26.1 Å². The van der Waals surface area contributed by atoms with E-state index in [1.54, 1.807) is 60.7 Å². The van der Waals surface area contributed by atoms with Crippen LogP contribution in [0.25, 0.3) is 0 Å². The zero-order valence-electron chi connectivity index (χ0n) is 25.7. The van der Waals surface area contributed by atoms with E-state index < -0.39 is 77.2 Å². The number of ether oxygens (including phenoxy) is 4. The monoisotopic (exact) mass is 748 g/mol. The van der Waals surface area contributed by atoms with Gasteiger partial charge in [0.05, 0.1) is 38.9 Å². The van der Waals surface area contributed by atoms with Crippen molar-refractivity contribution in [2.24, 2.45) is 10.3 Å². The van der Waals surface area contributed by atoms with Crippen LogP contribution < -0.4 is 0 Å². The summed E-state index contributed by atoms with van der Waals surface area (Å²) < 4.78 is 77.0. The van der Waals surface area contributed by atoms with Gasteiger partial charge in [-0.15, -0.1) is 0 Å². The number of esters is 4. The molecule has 0 N–H and O–H groups in total. The molecule has 2 aromatic carbocycles. The zero-order valence-corrected chi connectivity index (χ0v) is 28.9. The number of thioether (sulfide) groups is 2. The summed E-state index contributed by atoms with van der Waals surface area (Å²) in [6.45, 7) is -0.126. The molecule has 262 valence electrons. The number of methoxy groups -OCH3 is 2. The molecule has 0 spiro atoms. The molecule has 0 fully saturated rings. The van der Waals surface area contributed by atoms with Crippen molar-refractivity contribution >= 4 is 77.7 Å². The van der Waals surface area contributed by atoms with Crippen molar-refractivity contribution in [3.05, 3.63) is 71.8 Å². The van der Waals surface area contributed by atoms with Crippen LogP contribution in [0.5, 0.6) is 0 Å². The van der Waals surface area contributed by atoms with Gasteiger partial charge in [-0.1, -0.05) is 94.5 Å². The summed E-state index contributed by atoms with van der Waals surface area (Å²) in [4.78, 5) is 48.1. The summed E-state index contributed by atoms with van der Waals surface area (Å²) >= 11 is 1.11. The third-order valence-electron chi connectivity index (χ3n) is 5.28. The van der Waals surface area contributed by atoms with Crippen molar-refractivity contribution in [2.45, 2.75) is 24.3 Å². The Bertz CT molecular complexity index is 1530. The number of benzene rings is 2. The fourth-order valence-electron chi connectivity index (χ4n) is 3.12. The summed E-state index contributed by atoms with van der Waals surface area (Å²) in [6, 6.07) is 16.3. The van der Waals surface area contributed by atoms with E-state index in [9.17, 15) is 36.0 Å². The van der Waals surface area contributed by atoms with Crippen LogP contribution in [0.2, 0.25) is 0 Å². The summed E-state index contributed by atoms with van der Waals surface area (Å²) in [5.74, 6) is -5.35. The maximum atomic E-state index is 12.2. The molecule has 0 heterocycles. The second-order valence-corrected chi connectivity index (χ2v) is 14.1. The van der Waals surface area contributed by atoms with Gasteiger partial charge in [-0.25, -0.2) is 9.59 Å². The Morgan fingerprint density at radius 1 is 0.604 bits per heavy atom. The van der Waals surface area contributed by atoms with E-state index in [0.717, 1.165) is 14.2 Å². The Morgan fingerprint density at radius 2 is 0.958 bits per heavy atom. The number of unbranched alkanes of at least 4 members (excludes halogenated alkanes) is 1. The predicted molar refractivity (Wildman–Crippen MR) is 175 cm³/mol. The molecule has 20 heteroatoms. The number of oxime groups is 2. The van der Waals surface area contributed by atoms with E-state index in [0.29, 0.717) is 34.7 Å². The lowest BCUT2D eigenvalue weighted by molar-refractivity contribution is -0.142. The van der Waals surface area contributed by atoms with Gasteiger partial charge in [-0.3, -0.25) is 18.2 Å². The van der Waals surface area contributed by atoms with Crippen molar-refractivity contribution in [1.29, 1.82) is 0 Å². The lowest BCUT2D eigenvalue weighted by Gasteiger charge is -2.07. The van der Waals surface area contributed by atoms with Gasteiger partial charge in [0, 0.05) is 0 Å². The predicted octanol–water partition coefficient (Wildman–Crippen LogP) is 2.39. The second-order valence-electron chi connectivity index (χ2n) is 9.03. The van der Waals surface area contributed by atoms with Crippen LogP contribution in [0.15, 0.2) is 71.0 Å². The molecule has 0 saturated carbocycles. The normalized spacial score (nSPS) is 12.0. The van der Waals surface area contributed by atoms with Crippen molar-refractivity contribution < 1.29 is 63.5 Å². The molecule has 0 bridgehead atoms. The van der Waals surface area contributed by atoms with E-state index >= 15 is 0 Å². The van der Waals surface area contributed by atoms with Gasteiger partial charge in [-0.2, -0.15) is 16.8 Å². The molecule has 0 amide bonds. The van der Waals surface area contributed by atoms with E-state index in [1.165, 1.54) is 0 Å². The maximum absolute atomic E-state index is 12.2. The number of rotatable bonds is 17. The minimum atomic E-state index is -4.19. The van der Waals surface area contributed by atoms with Crippen LogP contribution in [-0.4, -0.2) is 89.7 Å². The first-order chi connectivity index (χ1) is 22.8. The summed E-state index contributed by atoms with van der Waals surface area (Å²) in [5, 5.41) is 5.65. The lowest BCUT2D eigenvalue weighted by atomic mass is 10.2. The molecule has 0 aliphatic rings. The summed E-state index contributed by atoms with van der Waals surface area (Å²) in [6.07, 6.45) is 0.579. The molecule has 0 aliphatic carbocycles. The second kappa shape index (κ2) is 21.0. The smallest absolute Gasteiger partial charge is 0.366 e. The zero-order chi connectivity index (χ0) is 35.4. The van der Waals surface area contributed by atoms with Gasteiger partial charge in [0.25, 0.3) is 0 Å². The van der Waals surface area contributed by atoms with Crippen molar-refractivity contribution in [3.8, 4) is 0 Å². The Morgan fingerprint density at radius 3 is 1.29 bits per heavy atom. The van der Waals surface area contributed by atoms with Gasteiger partial charge in [0.2, 0.25) is 10.1 Å². The molecular weight excluding hydrogens is 717 g/mol. The molecule has 0 atom stereocenters. The van der Waals surface area contributed by atoms with Crippen LogP contribution in [0.1, 0.15) is 24.0 Å². The van der Waals surface area contributed by atoms with Crippen molar-refractivity contribution in [1.82, 2.24) is 0 Å². The molecule has 16 nitrogen and oxygen atoms in total. The maximum Gasteiger partial charge on any atom is 0.366 e. The third kappa shape index (κ3) is 16.6. The molecule has 0 aromatic heterocycles. The van der Waals surface area contributed by atoms with Gasteiger partial charge in [-0.05, 0) is 24.0 Å². The van der Waals surface area contributed by atoms with Gasteiger partial charge in [0.1, 0.15) is 11.5 Å². The molecule has 2 aromatic rings. The minimum absolute atomic E-state index is 0.0632. The van der Waals surface area contributed by atoms with Crippen molar-refractivity contribution in [2.75, 3.05) is 38.9 Å². The quantitative estimate of drug-likeness (QED) is 0.0567. The number of nitrogens with zero attached hydrogens (tertiary/aromatic N) is 2. The number of hydrogen-bond donors (Lipinski definition) is 0. The first-order valence-electron chi connectivity index (χ1n) is 13.6.